The first-order chi connectivity index (χ1) is 8.16. The molecule has 3 heteroatoms. The SMILES string of the molecule is Cc1ccc(NCc2ccccc2Cl)c(F)c1. The van der Waals surface area contributed by atoms with Crippen molar-refractivity contribution in [3.63, 3.8) is 0 Å². The third kappa shape index (κ3) is 2.98. The van der Waals surface area contributed by atoms with Gasteiger partial charge >= 0.3 is 0 Å². The molecule has 0 fully saturated rings. The van der Waals surface area contributed by atoms with Gasteiger partial charge in [0.25, 0.3) is 0 Å². The van der Waals surface area contributed by atoms with Crippen LogP contribution in [0.1, 0.15) is 11.1 Å². The number of hydrogen-bond donors (Lipinski definition) is 1. The van der Waals surface area contributed by atoms with Crippen molar-refractivity contribution in [1.82, 2.24) is 0 Å². The number of hydrogen-bond acceptors (Lipinski definition) is 1. The molecular formula is C14H13ClFN. The summed E-state index contributed by atoms with van der Waals surface area (Å²) in [6.07, 6.45) is 0. The molecule has 0 aliphatic heterocycles. The van der Waals surface area contributed by atoms with Gasteiger partial charge in [-0.2, -0.15) is 0 Å². The molecule has 0 radical (unpaired) electrons. The quantitative estimate of drug-likeness (QED) is 0.850. The van der Waals surface area contributed by atoms with Crippen LogP contribution in [0, 0.1) is 12.7 Å². The van der Waals surface area contributed by atoms with Crippen LogP contribution in [0.25, 0.3) is 0 Å². The number of rotatable bonds is 3. The molecule has 0 aliphatic rings. The van der Waals surface area contributed by atoms with Crippen LogP contribution >= 0.6 is 11.6 Å². The lowest BCUT2D eigenvalue weighted by atomic mass is 10.2. The zero-order valence-electron chi connectivity index (χ0n) is 9.50. The lowest BCUT2D eigenvalue weighted by molar-refractivity contribution is 0.629. The molecule has 0 atom stereocenters. The summed E-state index contributed by atoms with van der Waals surface area (Å²) in [5.74, 6) is -0.239. The summed E-state index contributed by atoms with van der Waals surface area (Å²) >= 11 is 6.02. The van der Waals surface area contributed by atoms with Gasteiger partial charge < -0.3 is 5.32 Å². The molecule has 2 rings (SSSR count). The summed E-state index contributed by atoms with van der Waals surface area (Å²) in [5, 5.41) is 3.73. The van der Waals surface area contributed by atoms with E-state index in [9.17, 15) is 4.39 Å². The number of nitrogens with one attached hydrogen (secondary N) is 1. The molecule has 2 aromatic rings. The molecule has 0 spiro atoms. The lowest BCUT2D eigenvalue weighted by Gasteiger charge is -2.09. The minimum atomic E-state index is -0.239. The fraction of sp³-hybridized carbons (Fsp3) is 0.143. The van der Waals surface area contributed by atoms with Crippen LogP contribution in [0.3, 0.4) is 0 Å². The zero-order chi connectivity index (χ0) is 12.3. The van der Waals surface area contributed by atoms with Crippen LogP contribution in [-0.2, 0) is 6.54 Å². The van der Waals surface area contributed by atoms with Gasteiger partial charge in [-0.15, -0.1) is 0 Å². The molecule has 0 aromatic heterocycles. The molecule has 0 amide bonds. The van der Waals surface area contributed by atoms with Gasteiger partial charge in [0.15, 0.2) is 0 Å². The average Bonchev–Trinajstić information content (AvgIpc) is 2.30. The van der Waals surface area contributed by atoms with Crippen LogP contribution in [0.15, 0.2) is 42.5 Å². The van der Waals surface area contributed by atoms with E-state index in [2.05, 4.69) is 5.32 Å². The summed E-state index contributed by atoms with van der Waals surface area (Å²) in [7, 11) is 0. The molecular weight excluding hydrogens is 237 g/mol. The van der Waals surface area contributed by atoms with E-state index in [1.807, 2.05) is 37.3 Å². The second kappa shape index (κ2) is 5.19. The molecule has 0 saturated carbocycles. The maximum absolute atomic E-state index is 13.6. The standard InChI is InChI=1S/C14H13ClFN/c1-10-6-7-14(13(16)8-10)17-9-11-4-2-3-5-12(11)15/h2-8,17H,9H2,1H3. The van der Waals surface area contributed by atoms with Gasteiger partial charge in [0.05, 0.1) is 5.69 Å². The summed E-state index contributed by atoms with van der Waals surface area (Å²) in [5.41, 5.74) is 2.36. The first-order valence-electron chi connectivity index (χ1n) is 5.40. The maximum atomic E-state index is 13.6. The van der Waals surface area contributed by atoms with Crippen molar-refractivity contribution >= 4 is 17.3 Å². The highest BCUT2D eigenvalue weighted by molar-refractivity contribution is 6.31. The predicted octanol–water partition coefficient (Wildman–Crippen LogP) is 4.40. The molecule has 0 saturated heterocycles. The topological polar surface area (TPSA) is 12.0 Å². The highest BCUT2D eigenvalue weighted by atomic mass is 35.5. The molecule has 2 aromatic carbocycles. The van der Waals surface area contributed by atoms with Gasteiger partial charge in [-0.25, -0.2) is 4.39 Å². The van der Waals surface area contributed by atoms with Crippen molar-refractivity contribution in [2.75, 3.05) is 5.32 Å². The Labute approximate surface area is 105 Å². The molecule has 0 aliphatic carbocycles. The van der Waals surface area contributed by atoms with Crippen molar-refractivity contribution < 1.29 is 4.39 Å². The third-order valence-electron chi connectivity index (χ3n) is 2.55. The van der Waals surface area contributed by atoms with Crippen molar-refractivity contribution in [1.29, 1.82) is 0 Å². The molecule has 1 N–H and O–H groups in total. The normalized spacial score (nSPS) is 10.3. The average molecular weight is 250 g/mol. The molecule has 0 unspecified atom stereocenters. The summed E-state index contributed by atoms with van der Waals surface area (Å²) in [6, 6.07) is 12.6. The van der Waals surface area contributed by atoms with E-state index in [4.69, 9.17) is 11.6 Å². The highest BCUT2D eigenvalue weighted by Gasteiger charge is 2.03. The fourth-order valence-corrected chi connectivity index (χ4v) is 1.80. The Balaban J connectivity index is 2.10. The van der Waals surface area contributed by atoms with E-state index in [1.54, 1.807) is 6.07 Å². The Kier molecular flexibility index (Phi) is 3.64. The van der Waals surface area contributed by atoms with E-state index in [0.29, 0.717) is 17.3 Å². The highest BCUT2D eigenvalue weighted by Crippen LogP contribution is 2.19. The Morgan fingerprint density at radius 3 is 2.65 bits per heavy atom. The van der Waals surface area contributed by atoms with Gasteiger partial charge in [0.2, 0.25) is 0 Å². The van der Waals surface area contributed by atoms with Gasteiger partial charge in [-0.1, -0.05) is 35.9 Å². The Morgan fingerprint density at radius 2 is 1.94 bits per heavy atom. The second-order valence-corrected chi connectivity index (χ2v) is 4.34. The Bertz CT molecular complexity index is 525. The van der Waals surface area contributed by atoms with Crippen LogP contribution in [0.4, 0.5) is 10.1 Å². The van der Waals surface area contributed by atoms with Gasteiger partial charge in [0, 0.05) is 11.6 Å². The largest absolute Gasteiger partial charge is 0.379 e. The van der Waals surface area contributed by atoms with E-state index in [1.165, 1.54) is 6.07 Å². The van der Waals surface area contributed by atoms with E-state index < -0.39 is 0 Å². The maximum Gasteiger partial charge on any atom is 0.146 e. The monoisotopic (exact) mass is 249 g/mol. The number of aryl methyl sites for hydroxylation is 1. The Morgan fingerprint density at radius 1 is 1.18 bits per heavy atom. The van der Waals surface area contributed by atoms with Gasteiger partial charge in [-0.05, 0) is 36.2 Å². The summed E-state index contributed by atoms with van der Waals surface area (Å²) < 4.78 is 13.6. The molecule has 1 nitrogen and oxygen atoms in total. The predicted molar refractivity (Wildman–Crippen MR) is 69.9 cm³/mol. The van der Waals surface area contributed by atoms with Crippen molar-refractivity contribution in [3.8, 4) is 0 Å². The van der Waals surface area contributed by atoms with Crippen LogP contribution in [0.5, 0.6) is 0 Å². The second-order valence-electron chi connectivity index (χ2n) is 3.93. The number of halogens is 2. The first kappa shape index (κ1) is 11.9. The fourth-order valence-electron chi connectivity index (χ4n) is 1.60. The van der Waals surface area contributed by atoms with E-state index in [-0.39, 0.29) is 5.82 Å². The summed E-state index contributed by atoms with van der Waals surface area (Å²) in [6.45, 7) is 2.38. The summed E-state index contributed by atoms with van der Waals surface area (Å²) in [4.78, 5) is 0. The number of benzene rings is 2. The minimum absolute atomic E-state index is 0.239. The lowest BCUT2D eigenvalue weighted by Crippen LogP contribution is -2.02. The van der Waals surface area contributed by atoms with Gasteiger partial charge in [-0.3, -0.25) is 0 Å². The molecule has 17 heavy (non-hydrogen) atoms. The zero-order valence-corrected chi connectivity index (χ0v) is 10.3. The Hall–Kier alpha value is -1.54. The molecule has 0 heterocycles. The van der Waals surface area contributed by atoms with Crippen LogP contribution in [-0.4, -0.2) is 0 Å². The number of anilines is 1. The van der Waals surface area contributed by atoms with E-state index in [0.717, 1.165) is 11.1 Å². The van der Waals surface area contributed by atoms with E-state index >= 15 is 0 Å². The van der Waals surface area contributed by atoms with Gasteiger partial charge in [0.1, 0.15) is 5.82 Å². The third-order valence-corrected chi connectivity index (χ3v) is 2.92. The van der Waals surface area contributed by atoms with Crippen LogP contribution in [0.2, 0.25) is 5.02 Å². The smallest absolute Gasteiger partial charge is 0.146 e. The minimum Gasteiger partial charge on any atom is -0.379 e. The molecule has 88 valence electrons. The molecule has 0 bridgehead atoms. The van der Waals surface area contributed by atoms with Crippen molar-refractivity contribution in [3.05, 3.63) is 64.4 Å². The van der Waals surface area contributed by atoms with Crippen LogP contribution < -0.4 is 5.32 Å². The van der Waals surface area contributed by atoms with Crippen molar-refractivity contribution in [2.45, 2.75) is 13.5 Å². The van der Waals surface area contributed by atoms with Crippen molar-refractivity contribution in [2.24, 2.45) is 0 Å². The first-order valence-corrected chi connectivity index (χ1v) is 5.78.